The number of aryl methyl sites for hydroxylation is 1. The van der Waals surface area contributed by atoms with E-state index in [0.29, 0.717) is 11.7 Å². The van der Waals surface area contributed by atoms with Crippen LogP contribution in [0.25, 0.3) is 5.69 Å². The van der Waals surface area contributed by atoms with Gasteiger partial charge in [0.05, 0.1) is 16.3 Å². The molecule has 1 aromatic carbocycles. The van der Waals surface area contributed by atoms with E-state index in [-0.39, 0.29) is 5.69 Å². The van der Waals surface area contributed by atoms with E-state index in [1.165, 1.54) is 6.07 Å². The first kappa shape index (κ1) is 15.2. The Balaban J connectivity index is 2.39. The van der Waals surface area contributed by atoms with E-state index in [1.807, 2.05) is 19.9 Å². The van der Waals surface area contributed by atoms with Crippen LogP contribution in [0.15, 0.2) is 24.3 Å². The number of hydrogen-bond acceptors (Lipinski definition) is 4. The third-order valence-electron chi connectivity index (χ3n) is 3.41. The molecule has 0 bridgehead atoms. The highest BCUT2D eigenvalue weighted by atomic mass is 16.6. The molecule has 112 valence electrons. The normalized spacial score (nSPS) is 11.1. The largest absolute Gasteiger partial charge is 0.310 e. The Hall–Kier alpha value is -2.21. The molecule has 6 heteroatoms. The summed E-state index contributed by atoms with van der Waals surface area (Å²) in [6.45, 7) is 8.86. The number of nitrogens with one attached hydrogen (secondary N) is 1. The maximum absolute atomic E-state index is 10.9. The molecule has 1 aromatic heterocycles. The summed E-state index contributed by atoms with van der Waals surface area (Å²) in [5.41, 5.74) is 3.85. The van der Waals surface area contributed by atoms with Crippen molar-refractivity contribution >= 4 is 5.69 Å². The number of nitro groups is 1. The van der Waals surface area contributed by atoms with Gasteiger partial charge in [0.2, 0.25) is 0 Å². The zero-order chi connectivity index (χ0) is 15.6. The summed E-state index contributed by atoms with van der Waals surface area (Å²) in [5.74, 6) is 0. The Labute approximate surface area is 123 Å². The quantitative estimate of drug-likeness (QED) is 0.678. The van der Waals surface area contributed by atoms with Gasteiger partial charge >= 0.3 is 0 Å². The summed E-state index contributed by atoms with van der Waals surface area (Å²) in [6, 6.07) is 6.92. The van der Waals surface area contributed by atoms with Crippen molar-refractivity contribution in [2.24, 2.45) is 0 Å². The first-order chi connectivity index (χ1) is 9.90. The van der Waals surface area contributed by atoms with Crippen molar-refractivity contribution in [3.05, 3.63) is 51.3 Å². The minimum atomic E-state index is -0.392. The molecule has 0 radical (unpaired) electrons. The summed E-state index contributed by atoms with van der Waals surface area (Å²) in [7, 11) is 0. The Morgan fingerprint density at radius 1 is 1.38 bits per heavy atom. The molecule has 6 nitrogen and oxygen atoms in total. The van der Waals surface area contributed by atoms with E-state index in [1.54, 1.807) is 16.8 Å². The molecule has 1 heterocycles. The first-order valence-electron chi connectivity index (χ1n) is 6.93. The fourth-order valence-electron chi connectivity index (χ4n) is 2.23. The van der Waals surface area contributed by atoms with E-state index in [0.717, 1.165) is 23.5 Å². The molecule has 2 rings (SSSR count). The van der Waals surface area contributed by atoms with Crippen molar-refractivity contribution in [3.63, 3.8) is 0 Å². The molecule has 0 aliphatic rings. The van der Waals surface area contributed by atoms with Crippen LogP contribution in [0.1, 0.15) is 30.8 Å². The number of aromatic nitrogens is 2. The fourth-order valence-corrected chi connectivity index (χ4v) is 2.23. The Bertz CT molecular complexity index is 662. The maximum Gasteiger partial charge on any atom is 0.271 e. The minimum Gasteiger partial charge on any atom is -0.310 e. The molecule has 0 spiro atoms. The van der Waals surface area contributed by atoms with Crippen LogP contribution in [0.2, 0.25) is 0 Å². The summed E-state index contributed by atoms with van der Waals surface area (Å²) in [5, 5.41) is 18.8. The van der Waals surface area contributed by atoms with Gasteiger partial charge in [0.1, 0.15) is 0 Å². The topological polar surface area (TPSA) is 73.0 Å². The number of nitro benzene ring substituents is 1. The van der Waals surface area contributed by atoms with Gasteiger partial charge < -0.3 is 5.32 Å². The lowest BCUT2D eigenvalue weighted by Crippen LogP contribution is -2.22. The van der Waals surface area contributed by atoms with Crippen LogP contribution < -0.4 is 5.32 Å². The van der Waals surface area contributed by atoms with Crippen molar-refractivity contribution in [3.8, 4) is 5.69 Å². The number of hydrogen-bond donors (Lipinski definition) is 1. The molecule has 0 aliphatic heterocycles. The van der Waals surface area contributed by atoms with Crippen LogP contribution in [-0.2, 0) is 6.54 Å². The molecular formula is C15H20N4O2. The van der Waals surface area contributed by atoms with Gasteiger partial charge in [0.25, 0.3) is 5.69 Å². The lowest BCUT2D eigenvalue weighted by Gasteiger charge is -2.09. The average Bonchev–Trinajstić information content (AvgIpc) is 2.72. The fraction of sp³-hybridized carbons (Fsp3) is 0.400. The lowest BCUT2D eigenvalue weighted by atomic mass is 10.2. The van der Waals surface area contributed by atoms with Crippen LogP contribution in [0.3, 0.4) is 0 Å². The van der Waals surface area contributed by atoms with Crippen LogP contribution in [0, 0.1) is 24.0 Å². The van der Waals surface area contributed by atoms with Crippen LogP contribution in [0.5, 0.6) is 0 Å². The molecule has 0 saturated heterocycles. The average molecular weight is 288 g/mol. The van der Waals surface area contributed by atoms with Gasteiger partial charge in [-0.05, 0) is 19.9 Å². The summed E-state index contributed by atoms with van der Waals surface area (Å²) < 4.78 is 1.76. The predicted molar refractivity (Wildman–Crippen MR) is 81.7 cm³/mol. The Kier molecular flexibility index (Phi) is 4.37. The lowest BCUT2D eigenvalue weighted by molar-refractivity contribution is -0.384. The zero-order valence-electron chi connectivity index (χ0n) is 12.8. The molecule has 1 N–H and O–H groups in total. The molecule has 2 aromatic rings. The molecule has 0 saturated carbocycles. The summed E-state index contributed by atoms with van der Waals surface area (Å²) >= 11 is 0. The maximum atomic E-state index is 10.9. The van der Waals surface area contributed by atoms with Crippen LogP contribution >= 0.6 is 0 Å². The highest BCUT2D eigenvalue weighted by Crippen LogP contribution is 2.21. The third kappa shape index (κ3) is 3.28. The molecule has 0 fully saturated rings. The molecule has 0 atom stereocenters. The van der Waals surface area contributed by atoms with Gasteiger partial charge in [-0.2, -0.15) is 5.10 Å². The second kappa shape index (κ2) is 6.05. The van der Waals surface area contributed by atoms with Crippen LogP contribution in [-0.4, -0.2) is 20.7 Å². The van der Waals surface area contributed by atoms with Gasteiger partial charge in [-0.15, -0.1) is 0 Å². The molecule has 0 unspecified atom stereocenters. The number of non-ortho nitro benzene ring substituents is 1. The van der Waals surface area contributed by atoms with E-state index >= 15 is 0 Å². The van der Waals surface area contributed by atoms with Crippen LogP contribution in [0.4, 0.5) is 5.69 Å². The first-order valence-corrected chi connectivity index (χ1v) is 6.93. The number of rotatable bonds is 5. The van der Waals surface area contributed by atoms with Gasteiger partial charge in [0.15, 0.2) is 0 Å². The highest BCUT2D eigenvalue weighted by Gasteiger charge is 2.14. The van der Waals surface area contributed by atoms with Gasteiger partial charge in [-0.1, -0.05) is 19.9 Å². The minimum absolute atomic E-state index is 0.0712. The number of nitrogens with zero attached hydrogens (tertiary/aromatic N) is 3. The Morgan fingerprint density at radius 2 is 2.10 bits per heavy atom. The van der Waals surface area contributed by atoms with Crippen molar-refractivity contribution in [1.29, 1.82) is 0 Å². The van der Waals surface area contributed by atoms with Crippen molar-refractivity contribution in [2.75, 3.05) is 0 Å². The number of benzene rings is 1. The smallest absolute Gasteiger partial charge is 0.271 e. The molecule has 0 aliphatic carbocycles. The van der Waals surface area contributed by atoms with Gasteiger partial charge in [-0.25, -0.2) is 4.68 Å². The Morgan fingerprint density at radius 3 is 2.71 bits per heavy atom. The van der Waals surface area contributed by atoms with E-state index in [4.69, 9.17) is 0 Å². The van der Waals surface area contributed by atoms with E-state index in [2.05, 4.69) is 24.3 Å². The van der Waals surface area contributed by atoms with E-state index < -0.39 is 4.92 Å². The summed E-state index contributed by atoms with van der Waals surface area (Å²) in [4.78, 5) is 10.5. The molecule has 21 heavy (non-hydrogen) atoms. The molecular weight excluding hydrogens is 268 g/mol. The van der Waals surface area contributed by atoms with Crippen molar-refractivity contribution in [2.45, 2.75) is 40.3 Å². The van der Waals surface area contributed by atoms with Crippen molar-refractivity contribution < 1.29 is 4.92 Å². The summed E-state index contributed by atoms with van der Waals surface area (Å²) in [6.07, 6.45) is 0. The SMILES string of the molecule is Cc1nn(-c2cccc([N+](=O)[O-])c2)c(C)c1CNC(C)C. The van der Waals surface area contributed by atoms with E-state index in [9.17, 15) is 10.1 Å². The van der Waals surface area contributed by atoms with Gasteiger partial charge in [-0.3, -0.25) is 10.1 Å². The second-order valence-electron chi connectivity index (χ2n) is 5.37. The van der Waals surface area contributed by atoms with Crippen molar-refractivity contribution in [1.82, 2.24) is 15.1 Å². The monoisotopic (exact) mass is 288 g/mol. The second-order valence-corrected chi connectivity index (χ2v) is 5.37. The standard InChI is InChI=1S/C15H20N4O2/c1-10(2)16-9-15-11(3)17-18(12(15)4)13-6-5-7-14(8-13)19(20)21/h5-8,10,16H,9H2,1-4H3. The highest BCUT2D eigenvalue weighted by molar-refractivity contribution is 5.44. The third-order valence-corrected chi connectivity index (χ3v) is 3.41. The zero-order valence-corrected chi connectivity index (χ0v) is 12.8. The predicted octanol–water partition coefficient (Wildman–Crippen LogP) is 2.90. The van der Waals surface area contributed by atoms with Gasteiger partial charge in [0, 0.05) is 36.0 Å². The molecule has 0 amide bonds.